The topological polar surface area (TPSA) is 9.49 Å². The molecular formula is C42H58N3+. The van der Waals surface area contributed by atoms with Crippen molar-refractivity contribution in [2.24, 2.45) is 0 Å². The quantitative estimate of drug-likeness (QED) is 0.316. The van der Waals surface area contributed by atoms with Gasteiger partial charge in [-0.05, 0) is 142 Å². The third kappa shape index (κ3) is 4.79. The Morgan fingerprint density at radius 2 is 0.844 bits per heavy atom. The van der Waals surface area contributed by atoms with Crippen LogP contribution in [0.25, 0.3) is 0 Å². The lowest BCUT2D eigenvalue weighted by molar-refractivity contribution is -0.463. The van der Waals surface area contributed by atoms with Crippen LogP contribution in [0.2, 0.25) is 0 Å². The first kappa shape index (κ1) is 33.0. The second kappa shape index (κ2) is 11.2. The van der Waals surface area contributed by atoms with E-state index in [1.807, 2.05) is 0 Å². The number of allylic oxidation sites excluding steroid dienone is 8. The van der Waals surface area contributed by atoms with Gasteiger partial charge in [0, 0.05) is 58.8 Å². The molecule has 45 heavy (non-hydrogen) atoms. The average molecular weight is 605 g/mol. The summed E-state index contributed by atoms with van der Waals surface area (Å²) in [7, 11) is 8.95. The lowest BCUT2D eigenvalue weighted by Gasteiger charge is -2.25. The highest BCUT2D eigenvalue weighted by molar-refractivity contribution is 6.10. The summed E-state index contributed by atoms with van der Waals surface area (Å²) in [6.07, 6.45) is 13.1. The molecule has 0 atom stereocenters. The van der Waals surface area contributed by atoms with E-state index in [2.05, 4.69) is 150 Å². The molecule has 2 aliphatic heterocycles. The number of hydrogen-bond acceptors (Lipinski definition) is 2. The molecule has 2 heterocycles. The second-order valence-electron chi connectivity index (χ2n) is 15.4. The molecule has 3 nitrogen and oxygen atoms in total. The van der Waals surface area contributed by atoms with E-state index in [9.17, 15) is 0 Å². The number of fused-ring (bicyclic) bond motifs is 2. The van der Waals surface area contributed by atoms with Crippen molar-refractivity contribution in [3.8, 4) is 0 Å². The van der Waals surface area contributed by atoms with Crippen molar-refractivity contribution < 1.29 is 4.58 Å². The molecule has 0 unspecified atom stereocenters. The molecule has 0 amide bonds. The lowest BCUT2D eigenvalue weighted by Crippen LogP contribution is -2.25. The molecule has 240 valence electrons. The highest BCUT2D eigenvalue weighted by Gasteiger charge is 2.43. The van der Waals surface area contributed by atoms with E-state index < -0.39 is 0 Å². The maximum Gasteiger partial charge on any atom is 0.205 e. The van der Waals surface area contributed by atoms with Crippen LogP contribution in [0.3, 0.4) is 0 Å². The maximum atomic E-state index is 2.46. The highest BCUT2D eigenvalue weighted by atomic mass is 15.2. The van der Waals surface area contributed by atoms with Gasteiger partial charge in [0.15, 0.2) is 0 Å². The molecule has 3 aliphatic rings. The first-order chi connectivity index (χ1) is 20.9. The van der Waals surface area contributed by atoms with E-state index in [1.165, 1.54) is 102 Å². The van der Waals surface area contributed by atoms with Crippen LogP contribution < -0.4 is 9.80 Å². The standard InChI is InChI=1S/C42H58N3/c1-24-26(3)30(7)38-36(28(24)5)41(9,10)34(44(38)15)22-20-32-18-17-19-33(40(32)43(13)14)21-23-35-42(11,12)37-29(6)25(2)27(4)31(8)39(37)45(35)16/h20-23H,17-19H2,1-16H3/q+1. The van der Waals surface area contributed by atoms with Crippen molar-refractivity contribution >= 4 is 17.1 Å². The van der Waals surface area contributed by atoms with Crippen molar-refractivity contribution in [2.45, 2.75) is 113 Å². The number of likely N-dealkylation sites (N-methyl/N-ethyl adjacent to an activating group) is 2. The number of rotatable bonds is 2. The Hall–Kier alpha value is -3.33. The van der Waals surface area contributed by atoms with E-state index in [0.29, 0.717) is 0 Å². The van der Waals surface area contributed by atoms with Crippen LogP contribution in [0, 0.1) is 55.4 Å². The van der Waals surface area contributed by atoms with E-state index in [-0.39, 0.29) is 10.8 Å². The minimum absolute atomic E-state index is 0.0505. The van der Waals surface area contributed by atoms with Crippen LogP contribution in [0.15, 0.2) is 46.8 Å². The lowest BCUT2D eigenvalue weighted by atomic mass is 9.78. The fraction of sp³-hybridized carbons (Fsp3) is 0.500. The van der Waals surface area contributed by atoms with Crippen molar-refractivity contribution in [1.29, 1.82) is 0 Å². The summed E-state index contributed by atoms with van der Waals surface area (Å²) >= 11 is 0. The van der Waals surface area contributed by atoms with Crippen LogP contribution in [-0.4, -0.2) is 38.5 Å². The molecule has 3 heteroatoms. The van der Waals surface area contributed by atoms with Crippen LogP contribution >= 0.6 is 0 Å². The monoisotopic (exact) mass is 604 g/mol. The number of nitrogens with zero attached hydrogens (tertiary/aromatic N) is 3. The molecule has 0 N–H and O–H groups in total. The Morgan fingerprint density at radius 1 is 0.511 bits per heavy atom. The molecule has 1 aliphatic carbocycles. The molecule has 2 aromatic carbocycles. The van der Waals surface area contributed by atoms with Gasteiger partial charge in [-0.15, -0.1) is 0 Å². The van der Waals surface area contributed by atoms with Gasteiger partial charge in [0.25, 0.3) is 0 Å². The van der Waals surface area contributed by atoms with Crippen LogP contribution in [0.1, 0.15) is 103 Å². The molecule has 5 rings (SSSR count). The minimum Gasteiger partial charge on any atom is -0.347 e. The van der Waals surface area contributed by atoms with Gasteiger partial charge in [0.1, 0.15) is 14.1 Å². The molecule has 0 aromatic heterocycles. The van der Waals surface area contributed by atoms with Gasteiger partial charge in [0.05, 0.1) is 0 Å². The summed E-state index contributed by atoms with van der Waals surface area (Å²) < 4.78 is 2.34. The maximum absolute atomic E-state index is 2.46. The largest absolute Gasteiger partial charge is 0.347 e. The third-order valence-corrected chi connectivity index (χ3v) is 12.1. The first-order valence-corrected chi connectivity index (χ1v) is 16.9. The Bertz CT molecular complexity index is 1650. The van der Waals surface area contributed by atoms with Crippen molar-refractivity contribution in [1.82, 2.24) is 0 Å². The first-order valence-electron chi connectivity index (χ1n) is 16.9. The molecule has 0 radical (unpaired) electrons. The van der Waals surface area contributed by atoms with Gasteiger partial charge in [0.2, 0.25) is 5.71 Å². The Kier molecular flexibility index (Phi) is 8.21. The van der Waals surface area contributed by atoms with E-state index in [0.717, 1.165) is 12.8 Å². The molecule has 0 bridgehead atoms. The van der Waals surface area contributed by atoms with Gasteiger partial charge in [-0.1, -0.05) is 39.8 Å². The smallest absolute Gasteiger partial charge is 0.205 e. The highest BCUT2D eigenvalue weighted by Crippen LogP contribution is 2.53. The summed E-state index contributed by atoms with van der Waals surface area (Å²) in [5.74, 6) is 0. The van der Waals surface area contributed by atoms with Gasteiger partial charge >= 0.3 is 0 Å². The fourth-order valence-electron chi connectivity index (χ4n) is 9.10. The van der Waals surface area contributed by atoms with Crippen molar-refractivity contribution in [2.75, 3.05) is 38.0 Å². The van der Waals surface area contributed by atoms with Gasteiger partial charge in [-0.2, -0.15) is 0 Å². The number of anilines is 2. The molecule has 1 fully saturated rings. The van der Waals surface area contributed by atoms with E-state index >= 15 is 0 Å². The third-order valence-electron chi connectivity index (χ3n) is 12.1. The summed E-state index contributed by atoms with van der Waals surface area (Å²) in [4.78, 5) is 4.92. The average Bonchev–Trinajstić information content (AvgIpc) is 3.30. The molecular weight excluding hydrogens is 546 g/mol. The summed E-state index contributed by atoms with van der Waals surface area (Å²) in [6.45, 7) is 28.0. The van der Waals surface area contributed by atoms with E-state index in [1.54, 1.807) is 0 Å². The Labute approximate surface area is 274 Å². The number of benzene rings is 2. The van der Waals surface area contributed by atoms with Gasteiger partial charge in [-0.3, -0.25) is 0 Å². The van der Waals surface area contributed by atoms with Crippen molar-refractivity contribution in [3.05, 3.63) is 102 Å². The van der Waals surface area contributed by atoms with Gasteiger partial charge < -0.3 is 9.80 Å². The zero-order valence-electron chi connectivity index (χ0n) is 31.3. The molecule has 2 aromatic rings. The normalized spacial score (nSPS) is 22.4. The Morgan fingerprint density at radius 3 is 1.18 bits per heavy atom. The van der Waals surface area contributed by atoms with E-state index in [4.69, 9.17) is 0 Å². The molecule has 1 saturated carbocycles. The fourth-order valence-corrected chi connectivity index (χ4v) is 9.10. The van der Waals surface area contributed by atoms with Crippen LogP contribution in [-0.2, 0) is 10.8 Å². The SMILES string of the molecule is Cc1c(C)c(C)c2c(c1C)N(C)C(=CC=C1CCC/C(=C\C=C3\N(C)c4c(C)c(C)c(C)c(C)c4C3(C)C)C1=[N+](C)C)C2(C)C. The minimum atomic E-state index is -0.0505. The summed E-state index contributed by atoms with van der Waals surface area (Å²) in [6, 6.07) is 0. The number of hydrogen-bond donors (Lipinski definition) is 0. The van der Waals surface area contributed by atoms with Gasteiger partial charge in [-0.25, -0.2) is 4.58 Å². The predicted molar refractivity (Wildman–Crippen MR) is 197 cm³/mol. The second-order valence-corrected chi connectivity index (χ2v) is 15.4. The zero-order valence-corrected chi connectivity index (χ0v) is 31.3. The summed E-state index contributed by atoms with van der Waals surface area (Å²) in [5, 5.41) is 0. The Balaban J connectivity index is 1.57. The summed E-state index contributed by atoms with van der Waals surface area (Å²) in [5.41, 5.74) is 24.1. The van der Waals surface area contributed by atoms with Crippen molar-refractivity contribution in [3.63, 3.8) is 0 Å². The zero-order chi connectivity index (χ0) is 33.5. The molecule has 0 spiro atoms. The molecule has 0 saturated heterocycles. The van der Waals surface area contributed by atoms with Crippen LogP contribution in [0.5, 0.6) is 0 Å². The predicted octanol–water partition coefficient (Wildman–Crippen LogP) is 9.83. The van der Waals surface area contributed by atoms with Crippen LogP contribution in [0.4, 0.5) is 11.4 Å².